The molecule has 2 aromatic carbocycles. The summed E-state index contributed by atoms with van der Waals surface area (Å²) in [5.41, 5.74) is 0.539. The molecule has 0 atom stereocenters. The molecule has 0 spiro atoms. The number of rotatable bonds is 11. The summed E-state index contributed by atoms with van der Waals surface area (Å²) in [6, 6.07) is 14.0. The third-order valence-corrected chi connectivity index (χ3v) is 5.78. The number of benzene rings is 2. The first-order valence-corrected chi connectivity index (χ1v) is 12.5. The molecule has 4 rings (SSSR count). The van der Waals surface area contributed by atoms with Crippen molar-refractivity contribution in [3.63, 3.8) is 0 Å². The van der Waals surface area contributed by atoms with Gasteiger partial charge in [-0.25, -0.2) is 0 Å². The molecule has 1 aliphatic rings. The topological polar surface area (TPSA) is 88.1 Å². The number of carbonyl (C=O) groups is 1. The smallest absolute Gasteiger partial charge is 0.416 e. The number of hydrogen-bond acceptors (Lipinski definition) is 7. The van der Waals surface area contributed by atoms with Crippen LogP contribution in [0.3, 0.4) is 0 Å². The molecule has 3 aromatic rings. The number of pyridine rings is 1. The van der Waals surface area contributed by atoms with Crippen molar-refractivity contribution in [1.82, 2.24) is 20.5 Å². The van der Waals surface area contributed by atoms with E-state index in [0.717, 1.165) is 30.1 Å². The van der Waals surface area contributed by atoms with Crippen molar-refractivity contribution < 1.29 is 27.4 Å². The molecule has 8 nitrogen and oxygen atoms in total. The molecule has 1 aliphatic heterocycles. The van der Waals surface area contributed by atoms with Gasteiger partial charge in [0.15, 0.2) is 0 Å². The van der Waals surface area contributed by atoms with E-state index in [1.165, 1.54) is 6.07 Å². The first-order valence-electron chi connectivity index (χ1n) is 12.5. The Balaban J connectivity index is 1.36. The number of amides is 1. The molecule has 1 aromatic heterocycles. The fourth-order valence-corrected chi connectivity index (χ4v) is 3.82. The molecule has 2 heterocycles. The van der Waals surface area contributed by atoms with Crippen LogP contribution in [0.1, 0.15) is 27.2 Å². The highest BCUT2D eigenvalue weighted by Gasteiger charge is 2.32. The lowest BCUT2D eigenvalue weighted by atomic mass is 10.1. The zero-order chi connectivity index (χ0) is 27.8. The summed E-state index contributed by atoms with van der Waals surface area (Å²) in [5, 5.41) is 5.87. The summed E-state index contributed by atoms with van der Waals surface area (Å²) < 4.78 is 51.7. The van der Waals surface area contributed by atoms with Crippen molar-refractivity contribution in [2.45, 2.75) is 12.6 Å². The van der Waals surface area contributed by atoms with E-state index in [9.17, 15) is 18.0 Å². The van der Waals surface area contributed by atoms with Gasteiger partial charge in [0.2, 0.25) is 0 Å². The highest BCUT2D eigenvalue weighted by Crippen LogP contribution is 2.33. The Bertz CT molecular complexity index is 1330. The molecular weight excluding hydrogens is 511 g/mol. The summed E-state index contributed by atoms with van der Waals surface area (Å²) in [7, 11) is 3.66. The molecule has 11 heteroatoms. The van der Waals surface area contributed by atoms with E-state index in [1.54, 1.807) is 18.3 Å². The Morgan fingerprint density at radius 3 is 2.64 bits per heavy atom. The number of nitrogens with one attached hydrogen (secondary N) is 2. The van der Waals surface area contributed by atoms with Gasteiger partial charge in [-0.1, -0.05) is 12.1 Å². The number of halogens is 3. The molecule has 206 valence electrons. The van der Waals surface area contributed by atoms with Crippen molar-refractivity contribution in [1.29, 1.82) is 0 Å². The Labute approximate surface area is 224 Å². The number of ether oxygens (including phenoxy) is 2. The molecule has 0 aliphatic carbocycles. The van der Waals surface area contributed by atoms with E-state index < -0.39 is 17.6 Å². The van der Waals surface area contributed by atoms with Crippen LogP contribution in [0.25, 0.3) is 0 Å². The second-order valence-corrected chi connectivity index (χ2v) is 9.18. The summed E-state index contributed by atoms with van der Waals surface area (Å²) in [6.07, 6.45) is -2.50. The summed E-state index contributed by atoms with van der Waals surface area (Å²) in [6.45, 7) is 2.43. The predicted molar refractivity (Wildman–Crippen MR) is 142 cm³/mol. The van der Waals surface area contributed by atoms with Crippen LogP contribution in [0.4, 0.5) is 13.2 Å². The van der Waals surface area contributed by atoms with Crippen LogP contribution >= 0.6 is 0 Å². The number of carbonyl (C=O) groups excluding carboxylic acids is 1. The highest BCUT2D eigenvalue weighted by molar-refractivity contribution is 5.98. The van der Waals surface area contributed by atoms with Crippen molar-refractivity contribution in [2.75, 3.05) is 46.9 Å². The molecule has 1 amide bonds. The van der Waals surface area contributed by atoms with E-state index in [2.05, 4.69) is 20.6 Å². The number of nitrogens with zero attached hydrogens (tertiary/aromatic N) is 3. The van der Waals surface area contributed by atoms with Crippen LogP contribution < -0.4 is 20.1 Å². The van der Waals surface area contributed by atoms with Gasteiger partial charge in [-0.05, 0) is 62.5 Å². The monoisotopic (exact) mass is 541 g/mol. The van der Waals surface area contributed by atoms with Crippen LogP contribution in [0.5, 0.6) is 17.2 Å². The number of aromatic nitrogens is 1. The summed E-state index contributed by atoms with van der Waals surface area (Å²) >= 11 is 0. The average Bonchev–Trinajstić information content (AvgIpc) is 3.43. The van der Waals surface area contributed by atoms with Crippen LogP contribution in [0.2, 0.25) is 0 Å². The molecule has 0 unspecified atom stereocenters. The van der Waals surface area contributed by atoms with Crippen LogP contribution in [-0.2, 0) is 12.6 Å². The number of amidine groups is 1. The SMILES string of the molecule is CN(C)CCOc1cc(C(=O)NCCc2cccc(Oc3ccnc(C4=NCCN4)c3)c2)cc(C(F)(F)F)c1. The van der Waals surface area contributed by atoms with E-state index in [-0.39, 0.29) is 24.5 Å². The van der Waals surface area contributed by atoms with E-state index >= 15 is 0 Å². The van der Waals surface area contributed by atoms with E-state index in [0.29, 0.717) is 36.7 Å². The highest BCUT2D eigenvalue weighted by atomic mass is 19.4. The van der Waals surface area contributed by atoms with Crippen LogP contribution in [-0.4, -0.2) is 68.5 Å². The maximum absolute atomic E-state index is 13.4. The van der Waals surface area contributed by atoms with Crippen LogP contribution in [0.15, 0.2) is 65.8 Å². The molecule has 0 radical (unpaired) electrons. The van der Waals surface area contributed by atoms with Gasteiger partial charge in [0.25, 0.3) is 5.91 Å². The summed E-state index contributed by atoms with van der Waals surface area (Å²) in [5.74, 6) is 1.33. The average molecular weight is 542 g/mol. The second kappa shape index (κ2) is 12.6. The van der Waals surface area contributed by atoms with E-state index in [4.69, 9.17) is 9.47 Å². The first-order chi connectivity index (χ1) is 18.7. The lowest BCUT2D eigenvalue weighted by Gasteiger charge is -2.15. The second-order valence-electron chi connectivity index (χ2n) is 9.18. The minimum absolute atomic E-state index is 0.00303. The standard InChI is InChI=1S/C28H30F3N5O3/c1-36(2)12-13-38-24-16-20(15-21(17-24)28(29,30)31)27(37)35-8-6-19-4-3-5-22(14-19)39-23-7-9-32-25(18-23)26-33-10-11-34-26/h3-5,7,9,14-18H,6,8,10-13H2,1-2H3,(H,33,34)(H,35,37). The van der Waals surface area contributed by atoms with Crippen LogP contribution in [0, 0.1) is 0 Å². The van der Waals surface area contributed by atoms with Crippen molar-refractivity contribution in [2.24, 2.45) is 4.99 Å². The van der Waals surface area contributed by atoms with E-state index in [1.807, 2.05) is 43.3 Å². The number of hydrogen-bond donors (Lipinski definition) is 2. The number of likely N-dealkylation sites (N-methyl/N-ethyl adjacent to an activating group) is 1. The quantitative estimate of drug-likeness (QED) is 0.379. The number of alkyl halides is 3. The minimum Gasteiger partial charge on any atom is -0.492 e. The van der Waals surface area contributed by atoms with Gasteiger partial charge in [-0.2, -0.15) is 13.2 Å². The zero-order valence-corrected chi connectivity index (χ0v) is 21.7. The molecule has 0 fully saturated rings. The lowest BCUT2D eigenvalue weighted by Crippen LogP contribution is -2.26. The molecule has 0 saturated heterocycles. The maximum atomic E-state index is 13.4. The third-order valence-electron chi connectivity index (χ3n) is 5.78. The van der Waals surface area contributed by atoms with Gasteiger partial charge in [0.05, 0.1) is 12.1 Å². The minimum atomic E-state index is -4.60. The van der Waals surface area contributed by atoms with Gasteiger partial charge in [0, 0.05) is 37.5 Å². The molecule has 39 heavy (non-hydrogen) atoms. The zero-order valence-electron chi connectivity index (χ0n) is 21.7. The first kappa shape index (κ1) is 27.9. The molecular formula is C28H30F3N5O3. The van der Waals surface area contributed by atoms with Crippen molar-refractivity contribution in [3.05, 3.63) is 83.2 Å². The molecule has 0 bridgehead atoms. The normalized spacial score (nSPS) is 13.1. The Hall–Kier alpha value is -4.12. The molecule has 2 N–H and O–H groups in total. The Kier molecular flexibility index (Phi) is 9.03. The number of aliphatic imine (C=N–C) groups is 1. The third kappa shape index (κ3) is 8.18. The predicted octanol–water partition coefficient (Wildman–Crippen LogP) is 4.16. The summed E-state index contributed by atoms with van der Waals surface area (Å²) in [4.78, 5) is 23.2. The van der Waals surface area contributed by atoms with Crippen molar-refractivity contribution >= 4 is 11.7 Å². The van der Waals surface area contributed by atoms with Gasteiger partial charge >= 0.3 is 6.18 Å². The fraction of sp³-hybridized carbons (Fsp3) is 0.321. The lowest BCUT2D eigenvalue weighted by molar-refractivity contribution is -0.137. The van der Waals surface area contributed by atoms with Crippen molar-refractivity contribution in [3.8, 4) is 17.2 Å². The largest absolute Gasteiger partial charge is 0.492 e. The Morgan fingerprint density at radius 2 is 1.90 bits per heavy atom. The Morgan fingerprint density at radius 1 is 1.08 bits per heavy atom. The fourth-order valence-electron chi connectivity index (χ4n) is 3.82. The van der Waals surface area contributed by atoms with Gasteiger partial charge in [-0.3, -0.25) is 14.8 Å². The van der Waals surface area contributed by atoms with Gasteiger partial charge in [0.1, 0.15) is 35.4 Å². The maximum Gasteiger partial charge on any atom is 0.416 e. The van der Waals surface area contributed by atoms with Gasteiger partial charge < -0.3 is 25.0 Å². The molecule has 0 saturated carbocycles. The van der Waals surface area contributed by atoms with Gasteiger partial charge in [-0.15, -0.1) is 0 Å².